The maximum absolute atomic E-state index is 14.1. The summed E-state index contributed by atoms with van der Waals surface area (Å²) in [4.78, 5) is 0. The highest BCUT2D eigenvalue weighted by molar-refractivity contribution is 6.05. The van der Waals surface area contributed by atoms with E-state index in [1.807, 2.05) is 0 Å². The molecule has 0 aliphatic heterocycles. The fourth-order valence-electron chi connectivity index (χ4n) is 2.49. The Hall–Kier alpha value is -2.64. The first-order valence-electron chi connectivity index (χ1n) is 7.15. The predicted molar refractivity (Wildman–Crippen MR) is 79.9 cm³/mol. The molecule has 0 N–H and O–H groups in total. The summed E-state index contributed by atoms with van der Waals surface area (Å²) in [6, 6.07) is -0.0837. The van der Waals surface area contributed by atoms with Crippen LogP contribution < -0.4 is 0 Å². The molecule has 2 aromatic rings. The molecule has 0 aliphatic rings. The summed E-state index contributed by atoms with van der Waals surface area (Å²) >= 11 is 0. The van der Waals surface area contributed by atoms with E-state index in [0.717, 1.165) is 26.0 Å². The van der Waals surface area contributed by atoms with Crippen molar-refractivity contribution in [3.05, 3.63) is 81.9 Å². The SMILES string of the molecule is CC=C(C(=CC)c1c(F)c(F)cc(F)c1F)c1c(F)c(F)cc(F)c1F. The van der Waals surface area contributed by atoms with Gasteiger partial charge in [0.05, 0.1) is 11.1 Å². The fraction of sp³-hybridized carbons (Fsp3) is 0.111. The molecule has 2 rings (SSSR count). The predicted octanol–water partition coefficient (Wildman–Crippen LogP) is 6.31. The molecule has 0 heterocycles. The van der Waals surface area contributed by atoms with Crippen molar-refractivity contribution in [1.82, 2.24) is 0 Å². The summed E-state index contributed by atoms with van der Waals surface area (Å²) < 4.78 is 110. The van der Waals surface area contributed by atoms with Crippen LogP contribution in [0, 0.1) is 46.5 Å². The van der Waals surface area contributed by atoms with E-state index in [-0.39, 0.29) is 12.1 Å². The molecule has 0 aromatic heterocycles. The van der Waals surface area contributed by atoms with Gasteiger partial charge in [0.2, 0.25) is 0 Å². The molecule has 0 unspecified atom stereocenters. The largest absolute Gasteiger partial charge is 0.204 e. The van der Waals surface area contributed by atoms with Crippen LogP contribution >= 0.6 is 0 Å². The first-order valence-corrected chi connectivity index (χ1v) is 7.15. The number of hydrogen-bond donors (Lipinski definition) is 0. The smallest absolute Gasteiger partial charge is 0.169 e. The van der Waals surface area contributed by atoms with Crippen molar-refractivity contribution in [3.63, 3.8) is 0 Å². The van der Waals surface area contributed by atoms with Gasteiger partial charge >= 0.3 is 0 Å². The van der Waals surface area contributed by atoms with Crippen LogP contribution in [0.3, 0.4) is 0 Å². The van der Waals surface area contributed by atoms with E-state index < -0.39 is 68.8 Å². The third-order valence-corrected chi connectivity index (χ3v) is 3.63. The van der Waals surface area contributed by atoms with Crippen LogP contribution in [0.2, 0.25) is 0 Å². The molecular formula is C18H10F8. The fourth-order valence-corrected chi connectivity index (χ4v) is 2.49. The van der Waals surface area contributed by atoms with E-state index in [0.29, 0.717) is 0 Å². The van der Waals surface area contributed by atoms with Crippen LogP contribution in [-0.4, -0.2) is 0 Å². The normalized spacial score (nSPS) is 12.7. The van der Waals surface area contributed by atoms with Crippen LogP contribution in [-0.2, 0) is 0 Å². The summed E-state index contributed by atoms with van der Waals surface area (Å²) in [6.07, 6.45) is 1.80. The molecular weight excluding hydrogens is 368 g/mol. The second-order valence-corrected chi connectivity index (χ2v) is 5.09. The maximum atomic E-state index is 14.1. The Morgan fingerprint density at radius 1 is 0.538 bits per heavy atom. The maximum Gasteiger partial charge on any atom is 0.169 e. The summed E-state index contributed by atoms with van der Waals surface area (Å²) in [5.74, 6) is -14.3. The molecule has 0 aliphatic carbocycles. The van der Waals surface area contributed by atoms with Crippen LogP contribution in [0.25, 0.3) is 11.1 Å². The Balaban J connectivity index is 2.86. The molecule has 0 saturated heterocycles. The molecule has 0 amide bonds. The van der Waals surface area contributed by atoms with E-state index in [4.69, 9.17) is 0 Å². The first-order chi connectivity index (χ1) is 12.1. The lowest BCUT2D eigenvalue weighted by Crippen LogP contribution is -2.07. The molecule has 8 heteroatoms. The standard InChI is InChI=1S/C18H10F8/c1-3-7(13-15(23)9(19)5-10(20)16(13)24)8(4-2)14-17(25)11(21)6-12(22)18(14)26/h3-6H,1-2H3. The van der Waals surface area contributed by atoms with Gasteiger partial charge in [0.15, 0.2) is 46.5 Å². The minimum absolute atomic E-state index is 0.0419. The molecule has 2 aromatic carbocycles. The topological polar surface area (TPSA) is 0 Å². The monoisotopic (exact) mass is 378 g/mol. The Morgan fingerprint density at radius 3 is 0.962 bits per heavy atom. The lowest BCUT2D eigenvalue weighted by molar-refractivity contribution is 0.448. The summed E-state index contributed by atoms with van der Waals surface area (Å²) in [7, 11) is 0. The molecule has 138 valence electrons. The van der Waals surface area contributed by atoms with Gasteiger partial charge in [-0.05, 0) is 25.0 Å². The highest BCUT2D eigenvalue weighted by Crippen LogP contribution is 2.38. The van der Waals surface area contributed by atoms with Crippen LogP contribution in [0.15, 0.2) is 24.3 Å². The molecule has 0 atom stereocenters. The number of hydrogen-bond acceptors (Lipinski definition) is 0. The molecule has 0 bridgehead atoms. The average molecular weight is 378 g/mol. The van der Waals surface area contributed by atoms with Crippen LogP contribution in [0.4, 0.5) is 35.1 Å². The number of benzene rings is 2. The Kier molecular flexibility index (Phi) is 5.53. The number of allylic oxidation sites excluding steroid dienone is 4. The van der Waals surface area contributed by atoms with Gasteiger partial charge in [-0.1, -0.05) is 12.2 Å². The van der Waals surface area contributed by atoms with E-state index in [1.54, 1.807) is 0 Å². The minimum Gasteiger partial charge on any atom is -0.204 e. The second kappa shape index (κ2) is 7.31. The van der Waals surface area contributed by atoms with Crippen molar-refractivity contribution < 1.29 is 35.1 Å². The van der Waals surface area contributed by atoms with Gasteiger partial charge in [-0.3, -0.25) is 0 Å². The van der Waals surface area contributed by atoms with Crippen molar-refractivity contribution >= 4 is 11.1 Å². The molecule has 0 fully saturated rings. The van der Waals surface area contributed by atoms with E-state index >= 15 is 0 Å². The average Bonchev–Trinajstić information content (AvgIpc) is 2.59. The summed E-state index contributed by atoms with van der Waals surface area (Å²) in [5, 5.41) is 0. The van der Waals surface area contributed by atoms with E-state index in [2.05, 4.69) is 0 Å². The summed E-state index contributed by atoms with van der Waals surface area (Å²) in [6.45, 7) is 2.32. The molecule has 0 spiro atoms. The highest BCUT2D eigenvalue weighted by Gasteiger charge is 2.28. The van der Waals surface area contributed by atoms with E-state index in [9.17, 15) is 35.1 Å². The van der Waals surface area contributed by atoms with Crippen molar-refractivity contribution in [2.75, 3.05) is 0 Å². The third-order valence-electron chi connectivity index (χ3n) is 3.63. The van der Waals surface area contributed by atoms with Gasteiger partial charge in [0.1, 0.15) is 0 Å². The van der Waals surface area contributed by atoms with Crippen LogP contribution in [0.1, 0.15) is 25.0 Å². The highest BCUT2D eigenvalue weighted by atomic mass is 19.2. The van der Waals surface area contributed by atoms with Crippen molar-refractivity contribution in [3.8, 4) is 0 Å². The zero-order valence-electron chi connectivity index (χ0n) is 13.3. The van der Waals surface area contributed by atoms with E-state index in [1.165, 1.54) is 0 Å². The van der Waals surface area contributed by atoms with Crippen molar-refractivity contribution in [2.24, 2.45) is 0 Å². The van der Waals surface area contributed by atoms with Gasteiger partial charge in [-0.25, -0.2) is 35.1 Å². The molecule has 0 saturated carbocycles. The van der Waals surface area contributed by atoms with Gasteiger partial charge in [0, 0.05) is 12.1 Å². The van der Waals surface area contributed by atoms with Gasteiger partial charge in [-0.2, -0.15) is 0 Å². The lowest BCUT2D eigenvalue weighted by atomic mass is 9.90. The number of rotatable bonds is 3. The van der Waals surface area contributed by atoms with Gasteiger partial charge in [0.25, 0.3) is 0 Å². The second-order valence-electron chi connectivity index (χ2n) is 5.09. The van der Waals surface area contributed by atoms with Gasteiger partial charge < -0.3 is 0 Å². The number of halogens is 8. The van der Waals surface area contributed by atoms with Crippen LogP contribution in [0.5, 0.6) is 0 Å². The Bertz CT molecular complexity index is 811. The first kappa shape index (κ1) is 19.7. The molecule has 26 heavy (non-hydrogen) atoms. The Morgan fingerprint density at radius 2 is 0.769 bits per heavy atom. The molecule has 0 radical (unpaired) electrons. The van der Waals surface area contributed by atoms with Gasteiger partial charge in [-0.15, -0.1) is 0 Å². The zero-order valence-corrected chi connectivity index (χ0v) is 13.3. The zero-order chi connectivity index (χ0) is 19.8. The molecule has 0 nitrogen and oxygen atoms in total. The van der Waals surface area contributed by atoms with Crippen molar-refractivity contribution in [1.29, 1.82) is 0 Å². The minimum atomic E-state index is -1.82. The van der Waals surface area contributed by atoms with Crippen molar-refractivity contribution in [2.45, 2.75) is 13.8 Å². The third kappa shape index (κ3) is 3.11. The Labute approximate surface area is 143 Å². The lowest BCUT2D eigenvalue weighted by Gasteiger charge is -2.16. The summed E-state index contributed by atoms with van der Waals surface area (Å²) in [5.41, 5.74) is -3.91. The quantitative estimate of drug-likeness (QED) is 0.334.